The van der Waals surface area contributed by atoms with Crippen molar-refractivity contribution in [3.63, 3.8) is 0 Å². The van der Waals surface area contributed by atoms with E-state index in [-0.39, 0.29) is 24.8 Å². The molecule has 0 atom stereocenters. The van der Waals surface area contributed by atoms with Crippen LogP contribution in [0.25, 0.3) is 21.3 Å². The molecule has 136 valence electrons. The summed E-state index contributed by atoms with van der Waals surface area (Å²) < 4.78 is 6.30. The largest absolute Gasteiger partial charge is 0.437 e. The maximum Gasteiger partial charge on any atom is 0.437 e. The van der Waals surface area contributed by atoms with E-state index in [1.807, 2.05) is 47.2 Å². The zero-order valence-electron chi connectivity index (χ0n) is 14.0. The molecule has 0 saturated heterocycles. The molecule has 0 aliphatic heterocycles. The van der Waals surface area contributed by atoms with Crippen molar-refractivity contribution in [2.24, 2.45) is 0 Å². The van der Waals surface area contributed by atoms with Gasteiger partial charge in [0.2, 0.25) is 5.91 Å². The molecule has 3 aromatic heterocycles. The molecular weight excluding hydrogens is 384 g/mol. The van der Waals surface area contributed by atoms with Crippen LogP contribution in [0.15, 0.2) is 62.6 Å². The number of benzene rings is 1. The number of anilines is 1. The van der Waals surface area contributed by atoms with E-state index in [1.165, 1.54) is 16.0 Å². The van der Waals surface area contributed by atoms with E-state index < -0.39 is 5.76 Å². The highest BCUT2D eigenvalue weighted by Crippen LogP contribution is 2.23. The molecule has 1 amide bonds. The van der Waals surface area contributed by atoms with E-state index in [0.717, 1.165) is 15.4 Å². The maximum atomic E-state index is 12.2. The van der Waals surface area contributed by atoms with Crippen LogP contribution >= 0.6 is 22.7 Å². The molecule has 9 heteroatoms. The number of thiazole rings is 1. The molecule has 4 aromatic rings. The summed E-state index contributed by atoms with van der Waals surface area (Å²) in [6.07, 6.45) is 1.87. The third-order valence-corrected chi connectivity index (χ3v) is 5.42. The minimum absolute atomic E-state index is 0.116. The van der Waals surface area contributed by atoms with Crippen LogP contribution in [0.2, 0.25) is 0 Å². The normalized spacial score (nSPS) is 10.8. The van der Waals surface area contributed by atoms with E-state index in [1.54, 1.807) is 17.5 Å². The van der Waals surface area contributed by atoms with Crippen molar-refractivity contribution in [3.8, 4) is 21.3 Å². The lowest BCUT2D eigenvalue weighted by Gasteiger charge is -2.05. The Hall–Kier alpha value is -3.04. The first-order valence-corrected chi connectivity index (χ1v) is 9.86. The first-order chi connectivity index (χ1) is 13.2. The first-order valence-electron chi connectivity index (χ1n) is 8.10. The Bertz CT molecular complexity index is 1080. The fourth-order valence-corrected chi connectivity index (χ4v) is 3.73. The molecule has 0 bridgehead atoms. The summed E-state index contributed by atoms with van der Waals surface area (Å²) in [4.78, 5) is 29.0. The van der Waals surface area contributed by atoms with Gasteiger partial charge >= 0.3 is 5.76 Å². The fraction of sp³-hybridized carbons (Fsp3) is 0.111. The van der Waals surface area contributed by atoms with Gasteiger partial charge in [-0.2, -0.15) is 4.68 Å². The van der Waals surface area contributed by atoms with Crippen molar-refractivity contribution in [2.75, 3.05) is 5.32 Å². The van der Waals surface area contributed by atoms with Gasteiger partial charge in [-0.05, 0) is 35.7 Å². The van der Waals surface area contributed by atoms with Crippen LogP contribution in [0.3, 0.4) is 0 Å². The number of nitrogens with one attached hydrogen (secondary N) is 1. The number of thiophene rings is 1. The summed E-state index contributed by atoms with van der Waals surface area (Å²) in [6.45, 7) is 0.150. The SMILES string of the molecule is O=C(CCn1nc(-c2cccs2)oc1=O)Nc1ccc(-c2nccs2)cc1. The van der Waals surface area contributed by atoms with Gasteiger partial charge in [0.1, 0.15) is 5.01 Å². The van der Waals surface area contributed by atoms with E-state index in [2.05, 4.69) is 15.4 Å². The molecule has 1 N–H and O–H groups in total. The molecule has 4 rings (SSSR count). The van der Waals surface area contributed by atoms with Crippen molar-refractivity contribution in [3.05, 3.63) is 63.9 Å². The Kier molecular flexibility index (Phi) is 4.95. The second kappa shape index (κ2) is 7.68. The number of amides is 1. The van der Waals surface area contributed by atoms with Crippen molar-refractivity contribution in [1.29, 1.82) is 0 Å². The lowest BCUT2D eigenvalue weighted by molar-refractivity contribution is -0.116. The van der Waals surface area contributed by atoms with Crippen LogP contribution in [0.5, 0.6) is 0 Å². The molecule has 1 aromatic carbocycles. The summed E-state index contributed by atoms with van der Waals surface area (Å²) in [5.74, 6) is -0.503. The molecule has 0 fully saturated rings. The number of carbonyl (C=O) groups is 1. The molecule has 27 heavy (non-hydrogen) atoms. The second-order valence-electron chi connectivity index (χ2n) is 5.59. The minimum atomic E-state index is -0.570. The zero-order valence-corrected chi connectivity index (χ0v) is 15.6. The summed E-state index contributed by atoms with van der Waals surface area (Å²) >= 11 is 2.99. The molecule has 0 unspecified atom stereocenters. The van der Waals surface area contributed by atoms with Gasteiger partial charge in [-0.1, -0.05) is 6.07 Å². The summed E-state index contributed by atoms with van der Waals surface area (Å²) in [6, 6.07) is 11.1. The standard InChI is InChI=1S/C18H14N4O3S2/c23-15(20-13-5-3-12(4-6-13)17-19-8-11-27-17)7-9-22-18(24)25-16(21-22)14-2-1-10-26-14/h1-6,8,10-11H,7,9H2,(H,20,23). The van der Waals surface area contributed by atoms with E-state index in [0.29, 0.717) is 5.69 Å². The molecular formula is C18H14N4O3S2. The molecule has 0 spiro atoms. The first kappa shape index (κ1) is 17.4. The fourth-order valence-electron chi connectivity index (χ4n) is 2.44. The molecule has 0 saturated carbocycles. The number of rotatable bonds is 6. The Morgan fingerprint density at radius 1 is 1.15 bits per heavy atom. The van der Waals surface area contributed by atoms with Crippen LogP contribution in [0.4, 0.5) is 5.69 Å². The third kappa shape index (κ3) is 4.04. The Morgan fingerprint density at radius 2 is 2.00 bits per heavy atom. The van der Waals surface area contributed by atoms with Gasteiger partial charge in [0.25, 0.3) is 5.89 Å². The molecule has 7 nitrogen and oxygen atoms in total. The molecule has 0 aliphatic rings. The smallest absolute Gasteiger partial charge is 0.387 e. The predicted octanol–water partition coefficient (Wildman–Crippen LogP) is 3.72. The number of hydrogen-bond acceptors (Lipinski definition) is 7. The van der Waals surface area contributed by atoms with Gasteiger partial charge in [0, 0.05) is 29.2 Å². The van der Waals surface area contributed by atoms with Gasteiger partial charge in [0.15, 0.2) is 0 Å². The number of aromatic nitrogens is 3. The maximum absolute atomic E-state index is 12.2. The Labute approximate surface area is 161 Å². The average molecular weight is 398 g/mol. The van der Waals surface area contributed by atoms with Crippen molar-refractivity contribution in [2.45, 2.75) is 13.0 Å². The number of hydrogen-bond donors (Lipinski definition) is 1. The number of carbonyl (C=O) groups excluding carboxylic acids is 1. The highest BCUT2D eigenvalue weighted by molar-refractivity contribution is 7.13. The third-order valence-electron chi connectivity index (χ3n) is 3.74. The van der Waals surface area contributed by atoms with Crippen molar-refractivity contribution < 1.29 is 9.21 Å². The Morgan fingerprint density at radius 3 is 2.70 bits per heavy atom. The number of nitrogens with zero attached hydrogens (tertiary/aromatic N) is 3. The van der Waals surface area contributed by atoms with Crippen molar-refractivity contribution >= 4 is 34.3 Å². The van der Waals surface area contributed by atoms with E-state index in [9.17, 15) is 9.59 Å². The lowest BCUT2D eigenvalue weighted by Crippen LogP contribution is -2.20. The van der Waals surface area contributed by atoms with E-state index >= 15 is 0 Å². The highest BCUT2D eigenvalue weighted by Gasteiger charge is 2.12. The molecule has 0 aliphatic carbocycles. The molecule has 0 radical (unpaired) electrons. The quantitative estimate of drug-likeness (QED) is 0.535. The highest BCUT2D eigenvalue weighted by atomic mass is 32.1. The van der Waals surface area contributed by atoms with Crippen LogP contribution in [-0.2, 0) is 11.3 Å². The van der Waals surface area contributed by atoms with Gasteiger partial charge in [-0.15, -0.1) is 27.8 Å². The number of aryl methyl sites for hydroxylation is 1. The summed E-state index contributed by atoms with van der Waals surface area (Å²) in [7, 11) is 0. The summed E-state index contributed by atoms with van der Waals surface area (Å²) in [5, 5.41) is 11.7. The second-order valence-corrected chi connectivity index (χ2v) is 7.43. The summed E-state index contributed by atoms with van der Waals surface area (Å²) in [5.41, 5.74) is 1.69. The van der Waals surface area contributed by atoms with Crippen LogP contribution < -0.4 is 11.1 Å². The minimum Gasteiger partial charge on any atom is -0.387 e. The van der Waals surface area contributed by atoms with Gasteiger partial charge in [-0.25, -0.2) is 9.78 Å². The van der Waals surface area contributed by atoms with Gasteiger partial charge in [-0.3, -0.25) is 4.79 Å². The average Bonchev–Trinajstić information content (AvgIpc) is 3.43. The van der Waals surface area contributed by atoms with Crippen LogP contribution in [0, 0.1) is 0 Å². The zero-order chi connectivity index (χ0) is 18.6. The van der Waals surface area contributed by atoms with Crippen LogP contribution in [0.1, 0.15) is 6.42 Å². The predicted molar refractivity (Wildman–Crippen MR) is 105 cm³/mol. The van der Waals surface area contributed by atoms with E-state index in [4.69, 9.17) is 4.42 Å². The topological polar surface area (TPSA) is 90.0 Å². The lowest BCUT2D eigenvalue weighted by atomic mass is 10.2. The van der Waals surface area contributed by atoms with Crippen LogP contribution in [-0.4, -0.2) is 20.7 Å². The monoisotopic (exact) mass is 398 g/mol. The van der Waals surface area contributed by atoms with Gasteiger partial charge < -0.3 is 9.73 Å². The molecule has 3 heterocycles. The Balaban J connectivity index is 1.35. The van der Waals surface area contributed by atoms with Crippen molar-refractivity contribution in [1.82, 2.24) is 14.8 Å². The van der Waals surface area contributed by atoms with Gasteiger partial charge in [0.05, 0.1) is 11.4 Å².